The van der Waals surface area contributed by atoms with Gasteiger partial charge in [0.15, 0.2) is 0 Å². The number of carbonyl (C=O) groups is 1. The predicted molar refractivity (Wildman–Crippen MR) is 92.7 cm³/mol. The molecule has 1 aromatic carbocycles. The van der Waals surface area contributed by atoms with Crippen molar-refractivity contribution in [2.75, 3.05) is 31.1 Å². The maximum atomic E-state index is 12.1. The molecule has 2 aliphatic rings. The summed E-state index contributed by atoms with van der Waals surface area (Å²) in [6.45, 7) is 3.38. The molecular formula is C18H21N3O3. The number of nitrogens with one attached hydrogen (secondary N) is 1. The number of aliphatic carboxylic acids is 1. The summed E-state index contributed by atoms with van der Waals surface area (Å²) in [6.07, 6.45) is 4.00. The molecule has 3 heterocycles. The summed E-state index contributed by atoms with van der Waals surface area (Å²) >= 11 is 0. The number of benzene rings is 1. The Labute approximate surface area is 139 Å². The molecule has 1 unspecified atom stereocenters. The average Bonchev–Trinajstić information content (AvgIpc) is 3.05. The molecule has 0 aliphatic carbocycles. The highest BCUT2D eigenvalue weighted by atomic mass is 16.4. The first kappa shape index (κ1) is 15.2. The lowest BCUT2D eigenvalue weighted by atomic mass is 9.97. The summed E-state index contributed by atoms with van der Waals surface area (Å²) in [7, 11) is 0. The van der Waals surface area contributed by atoms with Gasteiger partial charge in [-0.25, -0.2) is 0 Å². The van der Waals surface area contributed by atoms with E-state index in [2.05, 4.69) is 20.9 Å². The van der Waals surface area contributed by atoms with Crippen LogP contribution in [0.3, 0.4) is 0 Å². The molecule has 0 spiro atoms. The van der Waals surface area contributed by atoms with Crippen LogP contribution in [0.2, 0.25) is 0 Å². The third-order valence-corrected chi connectivity index (χ3v) is 5.25. The summed E-state index contributed by atoms with van der Waals surface area (Å²) < 4.78 is 0. The van der Waals surface area contributed by atoms with Crippen molar-refractivity contribution in [1.82, 2.24) is 9.88 Å². The van der Waals surface area contributed by atoms with Gasteiger partial charge in [0.1, 0.15) is 0 Å². The number of nitrogens with zero attached hydrogens (tertiary/aromatic N) is 2. The highest BCUT2D eigenvalue weighted by Crippen LogP contribution is 2.35. The largest absolute Gasteiger partial charge is 0.481 e. The molecule has 0 bridgehead atoms. The van der Waals surface area contributed by atoms with Crippen molar-refractivity contribution in [2.24, 2.45) is 0 Å². The van der Waals surface area contributed by atoms with Crippen LogP contribution in [0, 0.1) is 0 Å². The van der Waals surface area contributed by atoms with Crippen molar-refractivity contribution in [2.45, 2.75) is 25.3 Å². The minimum atomic E-state index is -0.741. The molecule has 24 heavy (non-hydrogen) atoms. The molecule has 6 heteroatoms. The minimum absolute atomic E-state index is 0.0352. The van der Waals surface area contributed by atoms with Crippen molar-refractivity contribution in [3.8, 4) is 0 Å². The van der Waals surface area contributed by atoms with Crippen LogP contribution in [0.25, 0.3) is 10.8 Å². The average molecular weight is 327 g/mol. The molecule has 1 atom stereocenters. The monoisotopic (exact) mass is 327 g/mol. The van der Waals surface area contributed by atoms with Crippen LogP contribution in [0.4, 0.5) is 5.69 Å². The molecule has 6 nitrogen and oxygen atoms in total. The van der Waals surface area contributed by atoms with Gasteiger partial charge in [-0.2, -0.15) is 0 Å². The lowest BCUT2D eigenvalue weighted by Gasteiger charge is -2.36. The summed E-state index contributed by atoms with van der Waals surface area (Å²) in [5, 5.41) is 10.7. The van der Waals surface area contributed by atoms with E-state index >= 15 is 0 Å². The summed E-state index contributed by atoms with van der Waals surface area (Å²) in [4.78, 5) is 30.4. The van der Waals surface area contributed by atoms with Crippen LogP contribution >= 0.6 is 0 Å². The number of aromatic amines is 1. The van der Waals surface area contributed by atoms with Gasteiger partial charge < -0.3 is 19.9 Å². The number of H-pyrrole nitrogens is 1. The fraction of sp³-hybridized carbons (Fsp3) is 0.444. The Morgan fingerprint density at radius 1 is 1.33 bits per heavy atom. The van der Waals surface area contributed by atoms with Crippen LogP contribution in [0.15, 0.2) is 29.2 Å². The van der Waals surface area contributed by atoms with Crippen molar-refractivity contribution < 1.29 is 9.90 Å². The molecule has 2 aliphatic heterocycles. The summed E-state index contributed by atoms with van der Waals surface area (Å²) in [6, 6.07) is 6.33. The fourth-order valence-corrected chi connectivity index (χ4v) is 4.07. The fourth-order valence-electron chi connectivity index (χ4n) is 4.07. The zero-order chi connectivity index (χ0) is 16.7. The number of carboxylic acids is 1. The van der Waals surface area contributed by atoms with Gasteiger partial charge in [-0.05, 0) is 30.5 Å². The van der Waals surface area contributed by atoms with Gasteiger partial charge in [0.25, 0.3) is 5.56 Å². The normalized spacial score (nSPS) is 20.7. The number of carboxylic acid groups (broad SMARTS) is 1. The van der Waals surface area contributed by atoms with Gasteiger partial charge >= 0.3 is 5.97 Å². The molecular weight excluding hydrogens is 306 g/mol. The second kappa shape index (κ2) is 5.94. The lowest BCUT2D eigenvalue weighted by molar-refractivity contribution is -0.137. The van der Waals surface area contributed by atoms with Gasteiger partial charge in [-0.1, -0.05) is 6.07 Å². The maximum absolute atomic E-state index is 12.1. The van der Waals surface area contributed by atoms with Crippen LogP contribution in [-0.2, 0) is 11.2 Å². The molecule has 1 fully saturated rings. The molecule has 0 radical (unpaired) electrons. The van der Waals surface area contributed by atoms with Gasteiger partial charge in [-0.3, -0.25) is 9.59 Å². The number of rotatable bonds is 4. The predicted octanol–water partition coefficient (Wildman–Crippen LogP) is 1.44. The van der Waals surface area contributed by atoms with Crippen molar-refractivity contribution in [3.05, 3.63) is 40.3 Å². The molecule has 0 amide bonds. The first-order valence-electron chi connectivity index (χ1n) is 8.47. The Hall–Kier alpha value is -2.34. The zero-order valence-corrected chi connectivity index (χ0v) is 13.5. The SMILES string of the molecule is O=C(O)CCN1CCC(N2CCc3c[nH]c(=O)c4cccc2c34)C1. The molecule has 1 aromatic heterocycles. The minimum Gasteiger partial charge on any atom is -0.481 e. The van der Waals surface area contributed by atoms with Gasteiger partial charge in [0, 0.05) is 54.9 Å². The van der Waals surface area contributed by atoms with Gasteiger partial charge in [0.05, 0.1) is 6.42 Å². The Kier molecular flexibility index (Phi) is 3.76. The van der Waals surface area contributed by atoms with E-state index < -0.39 is 5.97 Å². The third-order valence-electron chi connectivity index (χ3n) is 5.25. The number of pyridine rings is 1. The van der Waals surface area contributed by atoms with E-state index in [1.54, 1.807) is 0 Å². The van der Waals surface area contributed by atoms with E-state index in [0.717, 1.165) is 48.9 Å². The maximum Gasteiger partial charge on any atom is 0.304 e. The number of likely N-dealkylation sites (tertiary alicyclic amines) is 1. The second-order valence-corrected chi connectivity index (χ2v) is 6.67. The highest BCUT2D eigenvalue weighted by Gasteiger charge is 2.31. The van der Waals surface area contributed by atoms with Gasteiger partial charge in [-0.15, -0.1) is 0 Å². The van der Waals surface area contributed by atoms with E-state index in [1.807, 2.05) is 18.3 Å². The van der Waals surface area contributed by atoms with Crippen molar-refractivity contribution in [1.29, 1.82) is 0 Å². The van der Waals surface area contributed by atoms with E-state index in [9.17, 15) is 9.59 Å². The quantitative estimate of drug-likeness (QED) is 0.889. The molecule has 0 saturated carbocycles. The van der Waals surface area contributed by atoms with E-state index in [-0.39, 0.29) is 12.0 Å². The Bertz CT molecular complexity index is 845. The van der Waals surface area contributed by atoms with Crippen LogP contribution in [0.5, 0.6) is 0 Å². The third kappa shape index (κ3) is 2.57. The molecule has 4 rings (SSSR count). The topological polar surface area (TPSA) is 76.6 Å². The van der Waals surface area contributed by atoms with E-state index in [0.29, 0.717) is 12.6 Å². The molecule has 2 N–H and O–H groups in total. The standard InChI is InChI=1S/C18H21N3O3/c22-16(23)6-8-20-7-5-13(11-20)21-9-4-12-10-19-18(24)14-2-1-3-15(21)17(12)14/h1-3,10,13H,4-9,11H2,(H,19,24)(H,22,23). The lowest BCUT2D eigenvalue weighted by Crippen LogP contribution is -2.41. The van der Waals surface area contributed by atoms with Crippen molar-refractivity contribution >= 4 is 22.4 Å². The number of aromatic nitrogens is 1. The first-order valence-corrected chi connectivity index (χ1v) is 8.47. The Balaban J connectivity index is 1.62. The van der Waals surface area contributed by atoms with E-state index in [1.165, 1.54) is 5.56 Å². The number of anilines is 1. The van der Waals surface area contributed by atoms with Crippen LogP contribution in [0.1, 0.15) is 18.4 Å². The number of hydrogen-bond acceptors (Lipinski definition) is 4. The van der Waals surface area contributed by atoms with Crippen LogP contribution in [-0.4, -0.2) is 53.2 Å². The Morgan fingerprint density at radius 3 is 3.04 bits per heavy atom. The van der Waals surface area contributed by atoms with Crippen LogP contribution < -0.4 is 10.5 Å². The second-order valence-electron chi connectivity index (χ2n) is 6.67. The molecule has 1 saturated heterocycles. The zero-order valence-electron chi connectivity index (χ0n) is 13.5. The number of hydrogen-bond donors (Lipinski definition) is 2. The molecule has 2 aromatic rings. The smallest absolute Gasteiger partial charge is 0.304 e. The highest BCUT2D eigenvalue weighted by molar-refractivity contribution is 5.97. The summed E-state index contributed by atoms with van der Waals surface area (Å²) in [5.41, 5.74) is 2.31. The van der Waals surface area contributed by atoms with Crippen molar-refractivity contribution in [3.63, 3.8) is 0 Å². The molecule has 126 valence electrons. The Morgan fingerprint density at radius 2 is 2.21 bits per heavy atom. The van der Waals surface area contributed by atoms with E-state index in [4.69, 9.17) is 5.11 Å². The first-order chi connectivity index (χ1) is 11.6. The summed E-state index contributed by atoms with van der Waals surface area (Å²) in [5.74, 6) is -0.741. The van der Waals surface area contributed by atoms with Gasteiger partial charge in [0.2, 0.25) is 0 Å².